The smallest absolute Gasteiger partial charge is 0.264 e. The van der Waals surface area contributed by atoms with Crippen molar-refractivity contribution in [2.45, 2.75) is 18.9 Å². The zero-order valence-corrected chi connectivity index (χ0v) is 16.6. The van der Waals surface area contributed by atoms with Crippen molar-refractivity contribution in [2.75, 3.05) is 11.9 Å². The van der Waals surface area contributed by atoms with Crippen LogP contribution in [-0.4, -0.2) is 29.3 Å². The highest BCUT2D eigenvalue weighted by molar-refractivity contribution is 7.12. The maximum Gasteiger partial charge on any atom is 0.264 e. The number of carbonyl (C=O) groups is 2. The van der Waals surface area contributed by atoms with Crippen LogP contribution in [0, 0.1) is 11.8 Å². The van der Waals surface area contributed by atoms with Crippen LogP contribution in [0.2, 0.25) is 0 Å². The fourth-order valence-corrected chi connectivity index (χ4v) is 4.07. The molecule has 1 unspecified atom stereocenters. The van der Waals surface area contributed by atoms with E-state index >= 15 is 0 Å². The molecule has 2 aromatic carbocycles. The molecule has 0 spiro atoms. The third kappa shape index (κ3) is 4.56. The van der Waals surface area contributed by atoms with E-state index < -0.39 is 6.04 Å². The molecule has 0 bridgehead atoms. The second-order valence-electron chi connectivity index (χ2n) is 6.82. The van der Waals surface area contributed by atoms with Crippen LogP contribution in [0.4, 0.5) is 5.69 Å². The van der Waals surface area contributed by atoms with Crippen LogP contribution in [0.15, 0.2) is 72.1 Å². The zero-order chi connectivity index (χ0) is 20.1. The maximum absolute atomic E-state index is 12.9. The first kappa shape index (κ1) is 19.0. The zero-order valence-electron chi connectivity index (χ0n) is 15.8. The Bertz CT molecular complexity index is 1070. The molecule has 0 aliphatic carbocycles. The SMILES string of the molecule is O=C(Nc1cccc(C#Cc2ccccc2)c1)C1CCCN1C(=O)c1cccs1. The topological polar surface area (TPSA) is 49.4 Å². The first-order valence-corrected chi connectivity index (χ1v) is 10.4. The minimum absolute atomic E-state index is 0.0693. The molecule has 4 nitrogen and oxygen atoms in total. The normalized spacial score (nSPS) is 15.4. The van der Waals surface area contributed by atoms with Crippen LogP contribution in [0.3, 0.4) is 0 Å². The number of nitrogens with zero attached hydrogens (tertiary/aromatic N) is 1. The van der Waals surface area contributed by atoms with Crippen molar-refractivity contribution >= 4 is 28.8 Å². The molecule has 1 fully saturated rings. The standard InChI is InChI=1S/C24H20N2O2S/c27-23(21-11-5-15-26(21)24(28)22-12-6-16-29-22)25-20-10-4-9-19(17-20)14-13-18-7-2-1-3-8-18/h1-4,6-10,12,16-17,21H,5,11,15H2,(H,25,27). The minimum Gasteiger partial charge on any atom is -0.326 e. The highest BCUT2D eigenvalue weighted by Gasteiger charge is 2.34. The van der Waals surface area contributed by atoms with Gasteiger partial charge in [-0.2, -0.15) is 0 Å². The Hall–Kier alpha value is -3.36. The summed E-state index contributed by atoms with van der Waals surface area (Å²) in [7, 11) is 0. The third-order valence-electron chi connectivity index (χ3n) is 4.80. The summed E-state index contributed by atoms with van der Waals surface area (Å²) in [5.41, 5.74) is 2.45. The van der Waals surface area contributed by atoms with Gasteiger partial charge in [0.05, 0.1) is 4.88 Å². The highest BCUT2D eigenvalue weighted by atomic mass is 32.1. The summed E-state index contributed by atoms with van der Waals surface area (Å²) in [5.74, 6) is 6.02. The monoisotopic (exact) mass is 400 g/mol. The highest BCUT2D eigenvalue weighted by Crippen LogP contribution is 2.23. The summed E-state index contributed by atoms with van der Waals surface area (Å²) < 4.78 is 0. The van der Waals surface area contributed by atoms with E-state index in [1.165, 1.54) is 11.3 Å². The van der Waals surface area contributed by atoms with Gasteiger partial charge in [0.15, 0.2) is 0 Å². The molecule has 2 amide bonds. The van der Waals surface area contributed by atoms with Gasteiger partial charge in [0.25, 0.3) is 5.91 Å². The number of thiophene rings is 1. The van der Waals surface area contributed by atoms with Crippen molar-refractivity contribution in [1.29, 1.82) is 0 Å². The van der Waals surface area contributed by atoms with Gasteiger partial charge in [0, 0.05) is 23.4 Å². The molecule has 1 saturated heterocycles. The Morgan fingerprint density at radius 2 is 1.76 bits per heavy atom. The molecular formula is C24H20N2O2S. The number of hydrogen-bond acceptors (Lipinski definition) is 3. The van der Waals surface area contributed by atoms with E-state index in [2.05, 4.69) is 17.2 Å². The number of benzene rings is 2. The first-order valence-electron chi connectivity index (χ1n) is 9.53. The number of nitrogens with one attached hydrogen (secondary N) is 1. The summed E-state index contributed by atoms with van der Waals surface area (Å²) in [6.45, 7) is 0.609. The van der Waals surface area contributed by atoms with E-state index in [1.54, 1.807) is 11.0 Å². The molecule has 1 atom stereocenters. The van der Waals surface area contributed by atoms with Crippen LogP contribution in [0.1, 0.15) is 33.6 Å². The van der Waals surface area contributed by atoms with Gasteiger partial charge in [0.1, 0.15) is 6.04 Å². The largest absolute Gasteiger partial charge is 0.326 e. The van der Waals surface area contributed by atoms with Crippen LogP contribution in [0.5, 0.6) is 0 Å². The lowest BCUT2D eigenvalue weighted by atomic mass is 10.1. The van der Waals surface area contributed by atoms with Gasteiger partial charge >= 0.3 is 0 Å². The molecule has 4 rings (SSSR count). The third-order valence-corrected chi connectivity index (χ3v) is 5.66. The number of hydrogen-bond donors (Lipinski definition) is 1. The molecule has 1 aliphatic rings. The summed E-state index contributed by atoms with van der Waals surface area (Å²) in [6.07, 6.45) is 1.51. The molecule has 0 saturated carbocycles. The van der Waals surface area contributed by atoms with E-state index in [4.69, 9.17) is 0 Å². The van der Waals surface area contributed by atoms with Gasteiger partial charge in [-0.3, -0.25) is 9.59 Å². The van der Waals surface area contributed by atoms with Crippen molar-refractivity contribution < 1.29 is 9.59 Å². The van der Waals surface area contributed by atoms with Gasteiger partial charge in [-0.05, 0) is 54.6 Å². The van der Waals surface area contributed by atoms with Crippen LogP contribution < -0.4 is 5.32 Å². The molecule has 0 radical (unpaired) electrons. The maximum atomic E-state index is 12.9. The molecule has 3 aromatic rings. The fourth-order valence-electron chi connectivity index (χ4n) is 3.39. The lowest BCUT2D eigenvalue weighted by Gasteiger charge is -2.23. The minimum atomic E-state index is -0.441. The van der Waals surface area contributed by atoms with Crippen molar-refractivity contribution in [3.63, 3.8) is 0 Å². The Labute approximate surface area is 174 Å². The second kappa shape index (κ2) is 8.76. The van der Waals surface area contributed by atoms with Gasteiger partial charge in [-0.15, -0.1) is 11.3 Å². The fraction of sp³-hybridized carbons (Fsp3) is 0.167. The van der Waals surface area contributed by atoms with Crippen LogP contribution in [-0.2, 0) is 4.79 Å². The lowest BCUT2D eigenvalue weighted by Crippen LogP contribution is -2.42. The van der Waals surface area contributed by atoms with E-state index in [9.17, 15) is 9.59 Å². The summed E-state index contributed by atoms with van der Waals surface area (Å²) in [5, 5.41) is 4.83. The molecule has 1 aromatic heterocycles. The van der Waals surface area contributed by atoms with E-state index in [-0.39, 0.29) is 11.8 Å². The Morgan fingerprint density at radius 1 is 0.966 bits per heavy atom. The molecule has 144 valence electrons. The van der Waals surface area contributed by atoms with Gasteiger partial charge < -0.3 is 10.2 Å². The number of carbonyl (C=O) groups excluding carboxylic acids is 2. The average molecular weight is 401 g/mol. The van der Waals surface area contributed by atoms with Crippen molar-refractivity contribution in [3.05, 3.63) is 88.1 Å². The quantitative estimate of drug-likeness (QED) is 0.663. The first-order chi connectivity index (χ1) is 14.2. The Balaban J connectivity index is 1.46. The lowest BCUT2D eigenvalue weighted by molar-refractivity contribution is -0.119. The van der Waals surface area contributed by atoms with Crippen molar-refractivity contribution in [2.24, 2.45) is 0 Å². The van der Waals surface area contributed by atoms with Crippen molar-refractivity contribution in [3.8, 4) is 11.8 Å². The average Bonchev–Trinajstić information content (AvgIpc) is 3.45. The van der Waals surface area contributed by atoms with Crippen molar-refractivity contribution in [1.82, 2.24) is 4.90 Å². The van der Waals surface area contributed by atoms with E-state index in [1.807, 2.05) is 66.0 Å². The number of anilines is 1. The molecule has 1 N–H and O–H groups in total. The molecule has 29 heavy (non-hydrogen) atoms. The number of rotatable bonds is 3. The van der Waals surface area contributed by atoms with E-state index in [0.717, 1.165) is 17.5 Å². The van der Waals surface area contributed by atoms with Crippen LogP contribution in [0.25, 0.3) is 0 Å². The molecule has 1 aliphatic heterocycles. The molecular weight excluding hydrogens is 380 g/mol. The second-order valence-corrected chi connectivity index (χ2v) is 7.77. The van der Waals surface area contributed by atoms with Gasteiger partial charge in [-0.1, -0.05) is 42.2 Å². The summed E-state index contributed by atoms with van der Waals surface area (Å²) in [4.78, 5) is 27.9. The van der Waals surface area contributed by atoms with Gasteiger partial charge in [-0.25, -0.2) is 0 Å². The summed E-state index contributed by atoms with van der Waals surface area (Å²) in [6, 6.07) is 20.5. The summed E-state index contributed by atoms with van der Waals surface area (Å²) >= 11 is 1.40. The van der Waals surface area contributed by atoms with Gasteiger partial charge in [0.2, 0.25) is 5.91 Å². The predicted octanol–water partition coefficient (Wildman–Crippen LogP) is 4.39. The Kier molecular flexibility index (Phi) is 5.73. The molecule has 5 heteroatoms. The van der Waals surface area contributed by atoms with E-state index in [0.29, 0.717) is 23.5 Å². The Morgan fingerprint density at radius 3 is 2.55 bits per heavy atom. The predicted molar refractivity (Wildman–Crippen MR) is 116 cm³/mol. The van der Waals surface area contributed by atoms with Crippen LogP contribution >= 0.6 is 11.3 Å². The number of amides is 2. The molecule has 2 heterocycles. The number of likely N-dealkylation sites (tertiary alicyclic amines) is 1.